The summed E-state index contributed by atoms with van der Waals surface area (Å²) in [5.74, 6) is 0.798. The summed E-state index contributed by atoms with van der Waals surface area (Å²) < 4.78 is 1.88. The minimum atomic E-state index is -0.0788. The van der Waals surface area contributed by atoms with Gasteiger partial charge in [-0.3, -0.25) is 9.69 Å². The van der Waals surface area contributed by atoms with Crippen molar-refractivity contribution >= 4 is 10.9 Å². The first-order valence-corrected chi connectivity index (χ1v) is 13.1. The Hall–Kier alpha value is -4.10. The Morgan fingerprint density at radius 3 is 2.37 bits per heavy atom. The molecule has 7 heteroatoms. The number of benzene rings is 3. The molecule has 0 bridgehead atoms. The Morgan fingerprint density at radius 1 is 0.895 bits per heavy atom. The van der Waals surface area contributed by atoms with Crippen molar-refractivity contribution < 1.29 is 0 Å². The van der Waals surface area contributed by atoms with Crippen molar-refractivity contribution in [3.63, 3.8) is 0 Å². The van der Waals surface area contributed by atoms with Crippen LogP contribution in [0.5, 0.6) is 0 Å². The lowest BCUT2D eigenvalue weighted by molar-refractivity contribution is 0.161. The molecule has 5 rings (SSSR count). The van der Waals surface area contributed by atoms with Gasteiger partial charge >= 0.3 is 0 Å². The molecule has 1 N–H and O–H groups in total. The van der Waals surface area contributed by atoms with Gasteiger partial charge in [-0.25, -0.2) is 4.68 Å². The summed E-state index contributed by atoms with van der Waals surface area (Å²) in [6.45, 7) is 10.1. The Balaban J connectivity index is 1.53. The van der Waals surface area contributed by atoms with Gasteiger partial charge in [0.25, 0.3) is 5.56 Å². The third kappa shape index (κ3) is 5.58. The summed E-state index contributed by atoms with van der Waals surface area (Å²) in [6, 6.07) is 24.9. The van der Waals surface area contributed by atoms with Gasteiger partial charge in [-0.15, -0.1) is 5.10 Å². The number of aromatic nitrogens is 5. The molecule has 0 aliphatic carbocycles. The molecule has 0 aliphatic heterocycles. The zero-order valence-electron chi connectivity index (χ0n) is 22.5. The van der Waals surface area contributed by atoms with E-state index >= 15 is 0 Å². The minimum absolute atomic E-state index is 0.0617. The van der Waals surface area contributed by atoms with Crippen molar-refractivity contribution in [1.82, 2.24) is 30.1 Å². The second kappa shape index (κ2) is 11.1. The minimum Gasteiger partial charge on any atom is -0.322 e. The fourth-order valence-corrected chi connectivity index (χ4v) is 4.99. The maximum absolute atomic E-state index is 13.2. The van der Waals surface area contributed by atoms with Crippen LogP contribution < -0.4 is 5.56 Å². The van der Waals surface area contributed by atoms with Gasteiger partial charge in [-0.2, -0.15) is 0 Å². The normalized spacial score (nSPS) is 12.3. The number of hydrogen-bond donors (Lipinski definition) is 1. The summed E-state index contributed by atoms with van der Waals surface area (Å²) in [7, 11) is 0. The Morgan fingerprint density at radius 2 is 1.63 bits per heavy atom. The van der Waals surface area contributed by atoms with E-state index < -0.39 is 0 Å². The topological polar surface area (TPSA) is 79.7 Å². The fraction of sp³-hybridized carbons (Fsp3) is 0.290. The van der Waals surface area contributed by atoms with Crippen LogP contribution in [0.2, 0.25) is 0 Å². The van der Waals surface area contributed by atoms with E-state index in [4.69, 9.17) is 0 Å². The second-order valence-corrected chi connectivity index (χ2v) is 10.1. The van der Waals surface area contributed by atoms with Crippen molar-refractivity contribution in [2.75, 3.05) is 0 Å². The van der Waals surface area contributed by atoms with Crippen LogP contribution >= 0.6 is 0 Å². The van der Waals surface area contributed by atoms with Crippen LogP contribution in [0.1, 0.15) is 58.6 Å². The number of pyridine rings is 1. The summed E-state index contributed by atoms with van der Waals surface area (Å²) in [6.07, 6.45) is 0.796. The molecule has 1 atom stereocenters. The Labute approximate surface area is 223 Å². The number of aryl methyl sites for hydroxylation is 3. The smallest absolute Gasteiger partial charge is 0.252 e. The molecule has 2 heterocycles. The Bertz CT molecular complexity index is 1590. The van der Waals surface area contributed by atoms with Crippen molar-refractivity contribution in [3.05, 3.63) is 122 Å². The number of fused-ring (bicyclic) bond motifs is 1. The molecule has 194 valence electrons. The van der Waals surface area contributed by atoms with Crippen LogP contribution in [0.25, 0.3) is 10.9 Å². The average molecular weight is 507 g/mol. The molecule has 0 amide bonds. The van der Waals surface area contributed by atoms with Crippen LogP contribution in [0.3, 0.4) is 0 Å². The fourth-order valence-electron chi connectivity index (χ4n) is 4.99. The first-order valence-electron chi connectivity index (χ1n) is 13.1. The van der Waals surface area contributed by atoms with Crippen LogP contribution in [-0.4, -0.2) is 30.1 Å². The summed E-state index contributed by atoms with van der Waals surface area (Å²) in [5, 5.41) is 13.9. The van der Waals surface area contributed by atoms with Gasteiger partial charge in [-0.05, 0) is 83.5 Å². The van der Waals surface area contributed by atoms with Crippen molar-refractivity contribution in [2.45, 2.75) is 59.8 Å². The van der Waals surface area contributed by atoms with Gasteiger partial charge in [0.1, 0.15) is 0 Å². The van der Waals surface area contributed by atoms with Gasteiger partial charge in [0, 0.05) is 24.2 Å². The quantitative estimate of drug-likeness (QED) is 0.280. The molecule has 0 fully saturated rings. The van der Waals surface area contributed by atoms with Gasteiger partial charge in [0.15, 0.2) is 5.82 Å². The molecule has 7 nitrogen and oxygen atoms in total. The van der Waals surface area contributed by atoms with Crippen LogP contribution in [0.15, 0.2) is 77.6 Å². The molecule has 0 radical (unpaired) electrons. The largest absolute Gasteiger partial charge is 0.322 e. The van der Waals surface area contributed by atoms with Gasteiger partial charge in [-0.1, -0.05) is 67.1 Å². The predicted molar refractivity (Wildman–Crippen MR) is 151 cm³/mol. The summed E-state index contributed by atoms with van der Waals surface area (Å²) in [5.41, 5.74) is 7.44. The summed E-state index contributed by atoms with van der Waals surface area (Å²) in [4.78, 5) is 18.7. The van der Waals surface area contributed by atoms with E-state index in [1.54, 1.807) is 0 Å². The molecule has 3 aromatic carbocycles. The van der Waals surface area contributed by atoms with Gasteiger partial charge in [0.2, 0.25) is 0 Å². The van der Waals surface area contributed by atoms with Crippen LogP contribution in [-0.2, 0) is 19.6 Å². The highest BCUT2D eigenvalue weighted by atomic mass is 16.1. The van der Waals surface area contributed by atoms with E-state index in [1.807, 2.05) is 35.0 Å². The number of aromatic amines is 1. The van der Waals surface area contributed by atoms with Crippen molar-refractivity contribution in [2.24, 2.45) is 0 Å². The van der Waals surface area contributed by atoms with Gasteiger partial charge < -0.3 is 4.98 Å². The number of H-pyrrole nitrogens is 1. The third-order valence-corrected chi connectivity index (χ3v) is 7.28. The number of nitrogens with one attached hydrogen (secondary N) is 1. The first-order chi connectivity index (χ1) is 18.4. The molecule has 0 spiro atoms. The molecule has 0 saturated carbocycles. The SMILES string of the molecule is CC[C@@H](c1nnnn1Cc1ccccc1)N(Cc1ccc(C)cc1)Cc1cc2cc(C)c(C)cc2[nH]c1=O. The monoisotopic (exact) mass is 506 g/mol. The third-order valence-electron chi connectivity index (χ3n) is 7.28. The number of tetrazole rings is 1. The van der Waals surface area contributed by atoms with E-state index in [9.17, 15) is 4.79 Å². The lowest BCUT2D eigenvalue weighted by Crippen LogP contribution is -2.32. The number of rotatable bonds is 9. The maximum Gasteiger partial charge on any atom is 0.252 e. The molecule has 0 saturated heterocycles. The van der Waals surface area contributed by atoms with Gasteiger partial charge in [0.05, 0.1) is 12.6 Å². The van der Waals surface area contributed by atoms with E-state index in [1.165, 1.54) is 16.7 Å². The van der Waals surface area contributed by atoms with E-state index in [0.29, 0.717) is 19.6 Å². The van der Waals surface area contributed by atoms with Crippen molar-refractivity contribution in [3.8, 4) is 0 Å². The molecule has 0 unspecified atom stereocenters. The maximum atomic E-state index is 13.2. The summed E-state index contributed by atoms with van der Waals surface area (Å²) >= 11 is 0. The van der Waals surface area contributed by atoms with Crippen molar-refractivity contribution in [1.29, 1.82) is 0 Å². The predicted octanol–water partition coefficient (Wildman–Crippen LogP) is 5.64. The highest BCUT2D eigenvalue weighted by Gasteiger charge is 2.26. The number of hydrogen-bond acceptors (Lipinski definition) is 5. The van der Waals surface area contributed by atoms with E-state index in [0.717, 1.165) is 39.8 Å². The van der Waals surface area contributed by atoms with Crippen LogP contribution in [0, 0.1) is 20.8 Å². The molecular formula is C31H34N6O. The van der Waals surface area contributed by atoms with E-state index in [-0.39, 0.29) is 11.6 Å². The molecule has 2 aromatic heterocycles. The standard InChI is InChI=1S/C31H34N6O/c1-5-29(30-33-34-35-37(30)19-24-9-7-6-8-10-24)36(18-25-13-11-21(2)12-14-25)20-27-17-26-15-22(3)23(4)16-28(26)32-31(27)38/h6-17,29H,5,18-20H2,1-4H3,(H,32,38)/t29-/m0/s1. The Kier molecular flexibility index (Phi) is 7.47. The average Bonchev–Trinajstić information content (AvgIpc) is 3.35. The van der Waals surface area contributed by atoms with Crippen LogP contribution in [0.4, 0.5) is 0 Å². The molecule has 38 heavy (non-hydrogen) atoms. The first kappa shape index (κ1) is 25.5. The zero-order chi connectivity index (χ0) is 26.6. The zero-order valence-corrected chi connectivity index (χ0v) is 22.5. The number of nitrogens with zero attached hydrogens (tertiary/aromatic N) is 5. The highest BCUT2D eigenvalue weighted by Crippen LogP contribution is 2.27. The second-order valence-electron chi connectivity index (χ2n) is 10.1. The highest BCUT2D eigenvalue weighted by molar-refractivity contribution is 5.80. The molecular weight excluding hydrogens is 472 g/mol. The lowest BCUT2D eigenvalue weighted by Gasteiger charge is -2.30. The van der Waals surface area contributed by atoms with E-state index in [2.05, 4.69) is 95.6 Å². The lowest BCUT2D eigenvalue weighted by atomic mass is 10.0. The molecule has 5 aromatic rings. The molecule has 0 aliphatic rings.